The molecular formula is C22H21ClFN3O4S. The largest absolute Gasteiger partial charge is 0.337 e. The first kappa shape index (κ1) is 22.4. The van der Waals surface area contributed by atoms with Crippen molar-refractivity contribution in [2.75, 3.05) is 19.3 Å². The summed E-state index contributed by atoms with van der Waals surface area (Å²) < 4.78 is 42.7. The summed E-state index contributed by atoms with van der Waals surface area (Å²) in [6.07, 6.45) is 1.42. The Labute approximate surface area is 190 Å². The van der Waals surface area contributed by atoms with Crippen LogP contribution in [0.3, 0.4) is 0 Å². The van der Waals surface area contributed by atoms with Crippen molar-refractivity contribution in [1.29, 1.82) is 0 Å². The van der Waals surface area contributed by atoms with Gasteiger partial charge in [-0.2, -0.15) is 13.5 Å². The van der Waals surface area contributed by atoms with Crippen molar-refractivity contribution in [3.63, 3.8) is 0 Å². The molecule has 0 N–H and O–H groups in total. The molecule has 4 rings (SSSR count). The Morgan fingerprint density at radius 2 is 1.72 bits per heavy atom. The van der Waals surface area contributed by atoms with Gasteiger partial charge in [0.1, 0.15) is 5.82 Å². The van der Waals surface area contributed by atoms with E-state index in [1.54, 1.807) is 39.9 Å². The molecule has 2 aromatic carbocycles. The molecule has 1 amide bonds. The molecule has 1 fully saturated rings. The molecule has 0 radical (unpaired) electrons. The highest BCUT2D eigenvalue weighted by Gasteiger charge is 2.28. The first-order chi connectivity index (χ1) is 15.2. The lowest BCUT2D eigenvalue weighted by Crippen LogP contribution is -2.41. The molecule has 0 bridgehead atoms. The Hall–Kier alpha value is -2.75. The van der Waals surface area contributed by atoms with Crippen LogP contribution in [0.4, 0.5) is 4.39 Å². The third kappa shape index (κ3) is 5.17. The number of rotatable bonds is 5. The number of carbonyl (C=O) groups excluding carboxylic acids is 1. The zero-order chi connectivity index (χ0) is 22.9. The van der Waals surface area contributed by atoms with Gasteiger partial charge in [0.15, 0.2) is 5.69 Å². The van der Waals surface area contributed by atoms with E-state index in [0.29, 0.717) is 42.3 Å². The highest BCUT2D eigenvalue weighted by Crippen LogP contribution is 2.27. The quantitative estimate of drug-likeness (QED) is 0.520. The van der Waals surface area contributed by atoms with E-state index < -0.39 is 16.2 Å². The van der Waals surface area contributed by atoms with Gasteiger partial charge in [0.05, 0.1) is 23.7 Å². The van der Waals surface area contributed by atoms with Crippen molar-refractivity contribution < 1.29 is 21.8 Å². The minimum Gasteiger partial charge on any atom is -0.337 e. The number of hydrogen-bond donors (Lipinski definition) is 0. The normalized spacial score (nSPS) is 15.2. The van der Waals surface area contributed by atoms with Gasteiger partial charge in [-0.15, -0.1) is 0 Å². The molecule has 0 aliphatic carbocycles. The lowest BCUT2D eigenvalue weighted by atomic mass is 10.1. The summed E-state index contributed by atoms with van der Waals surface area (Å²) in [6.45, 7) is 0.720. The van der Waals surface area contributed by atoms with Crippen LogP contribution < -0.4 is 0 Å². The maximum atomic E-state index is 13.4. The van der Waals surface area contributed by atoms with Gasteiger partial charge in [-0.3, -0.25) is 8.98 Å². The van der Waals surface area contributed by atoms with Crippen LogP contribution in [-0.2, 0) is 14.3 Å². The summed E-state index contributed by atoms with van der Waals surface area (Å²) in [5.74, 6) is -0.636. The van der Waals surface area contributed by atoms with Gasteiger partial charge < -0.3 is 4.90 Å². The minimum atomic E-state index is -3.54. The number of aromatic nitrogens is 2. The number of amides is 1. The van der Waals surface area contributed by atoms with Gasteiger partial charge in [0.2, 0.25) is 0 Å². The van der Waals surface area contributed by atoms with Crippen molar-refractivity contribution in [1.82, 2.24) is 14.7 Å². The second kappa shape index (κ2) is 9.01. The van der Waals surface area contributed by atoms with Gasteiger partial charge >= 0.3 is 0 Å². The molecule has 0 atom stereocenters. The van der Waals surface area contributed by atoms with Crippen LogP contribution in [0, 0.1) is 5.82 Å². The first-order valence-corrected chi connectivity index (χ1v) is 12.2. The molecule has 0 saturated carbocycles. The maximum Gasteiger partial charge on any atom is 0.274 e. The molecule has 2 heterocycles. The van der Waals surface area contributed by atoms with Gasteiger partial charge in [0.25, 0.3) is 16.0 Å². The highest BCUT2D eigenvalue weighted by molar-refractivity contribution is 7.86. The van der Waals surface area contributed by atoms with Crippen molar-refractivity contribution in [2.24, 2.45) is 0 Å². The van der Waals surface area contributed by atoms with E-state index >= 15 is 0 Å². The summed E-state index contributed by atoms with van der Waals surface area (Å²) in [5.41, 5.74) is 2.30. The second-order valence-corrected chi connectivity index (χ2v) is 9.64. The molecule has 7 nitrogen and oxygen atoms in total. The van der Waals surface area contributed by atoms with Crippen LogP contribution in [0.15, 0.2) is 54.6 Å². The summed E-state index contributed by atoms with van der Waals surface area (Å²) >= 11 is 6.01. The van der Waals surface area contributed by atoms with Gasteiger partial charge in [0, 0.05) is 23.7 Å². The molecule has 0 spiro atoms. The van der Waals surface area contributed by atoms with Crippen LogP contribution in [-0.4, -0.2) is 54.5 Å². The van der Waals surface area contributed by atoms with Crippen LogP contribution in [0.5, 0.6) is 0 Å². The smallest absolute Gasteiger partial charge is 0.274 e. The topological polar surface area (TPSA) is 81.5 Å². The van der Waals surface area contributed by atoms with E-state index in [2.05, 4.69) is 5.10 Å². The van der Waals surface area contributed by atoms with Crippen LogP contribution in [0.2, 0.25) is 5.02 Å². The average Bonchev–Trinajstić information content (AvgIpc) is 3.19. The Bertz CT molecular complexity index is 1160. The molecule has 1 aliphatic rings. The van der Waals surface area contributed by atoms with Gasteiger partial charge in [-0.1, -0.05) is 23.7 Å². The number of piperidine rings is 1. The van der Waals surface area contributed by atoms with Crippen molar-refractivity contribution in [2.45, 2.75) is 18.9 Å². The van der Waals surface area contributed by atoms with Crippen molar-refractivity contribution in [3.8, 4) is 16.9 Å². The fraction of sp³-hybridized carbons (Fsp3) is 0.273. The summed E-state index contributed by atoms with van der Waals surface area (Å²) in [7, 11) is -3.54. The number of likely N-dealkylation sites (tertiary alicyclic amines) is 1. The molecular weight excluding hydrogens is 457 g/mol. The second-order valence-electron chi connectivity index (χ2n) is 7.60. The third-order valence-electron chi connectivity index (χ3n) is 5.18. The minimum absolute atomic E-state index is 0.238. The number of benzene rings is 2. The molecule has 1 saturated heterocycles. The average molecular weight is 478 g/mol. The highest BCUT2D eigenvalue weighted by atomic mass is 35.5. The van der Waals surface area contributed by atoms with Gasteiger partial charge in [-0.05, 0) is 55.3 Å². The Morgan fingerprint density at radius 1 is 1.09 bits per heavy atom. The van der Waals surface area contributed by atoms with E-state index in [0.717, 1.165) is 11.8 Å². The SMILES string of the molecule is CS(=O)(=O)OC1CCN(C(=O)c2cc(-c3ccc(Cl)cc3)n(-c3ccc(F)cc3)n2)CC1. The maximum absolute atomic E-state index is 13.4. The lowest BCUT2D eigenvalue weighted by Gasteiger charge is -2.30. The zero-order valence-electron chi connectivity index (χ0n) is 17.2. The predicted octanol–water partition coefficient (Wildman–Crippen LogP) is 3.91. The Morgan fingerprint density at radius 3 is 2.31 bits per heavy atom. The summed E-state index contributed by atoms with van der Waals surface area (Å²) in [5, 5.41) is 5.09. The number of carbonyl (C=O) groups is 1. The van der Waals surface area contributed by atoms with Crippen LogP contribution >= 0.6 is 11.6 Å². The van der Waals surface area contributed by atoms with E-state index in [1.165, 1.54) is 12.1 Å². The van der Waals surface area contributed by atoms with Crippen LogP contribution in [0.25, 0.3) is 16.9 Å². The Balaban J connectivity index is 1.62. The fourth-order valence-corrected chi connectivity index (χ4v) is 4.47. The van der Waals surface area contributed by atoms with Crippen molar-refractivity contribution >= 4 is 27.6 Å². The first-order valence-electron chi connectivity index (χ1n) is 9.99. The molecule has 1 aromatic heterocycles. The predicted molar refractivity (Wildman–Crippen MR) is 119 cm³/mol. The number of halogens is 2. The number of nitrogens with zero attached hydrogens (tertiary/aromatic N) is 3. The molecule has 32 heavy (non-hydrogen) atoms. The molecule has 168 valence electrons. The van der Waals surface area contributed by atoms with Crippen molar-refractivity contribution in [3.05, 3.63) is 71.1 Å². The monoisotopic (exact) mass is 477 g/mol. The molecule has 3 aromatic rings. The summed E-state index contributed by atoms with van der Waals surface area (Å²) in [4.78, 5) is 14.8. The van der Waals surface area contributed by atoms with Gasteiger partial charge in [-0.25, -0.2) is 9.07 Å². The van der Waals surface area contributed by atoms with E-state index in [9.17, 15) is 17.6 Å². The standard InChI is InChI=1S/C22H21ClFN3O4S/c1-32(29,30)31-19-10-12-26(13-11-19)22(28)20-14-21(15-2-4-16(23)5-3-15)27(25-20)18-8-6-17(24)7-9-18/h2-9,14,19H,10-13H2,1H3. The third-order valence-corrected chi connectivity index (χ3v) is 6.05. The van der Waals surface area contributed by atoms with Crippen LogP contribution in [0.1, 0.15) is 23.3 Å². The Kier molecular flexibility index (Phi) is 6.32. The summed E-state index contributed by atoms with van der Waals surface area (Å²) in [6, 6.07) is 14.7. The molecule has 1 aliphatic heterocycles. The lowest BCUT2D eigenvalue weighted by molar-refractivity contribution is 0.0603. The molecule has 10 heteroatoms. The fourth-order valence-electron chi connectivity index (χ4n) is 3.66. The number of hydrogen-bond acceptors (Lipinski definition) is 5. The molecule has 0 unspecified atom stereocenters. The van der Waals surface area contributed by atoms with E-state index in [1.807, 2.05) is 12.1 Å². The van der Waals surface area contributed by atoms with E-state index in [4.69, 9.17) is 15.8 Å². The zero-order valence-corrected chi connectivity index (χ0v) is 18.8. The van der Waals surface area contributed by atoms with E-state index in [-0.39, 0.29) is 17.4 Å².